The Morgan fingerprint density at radius 1 is 1.08 bits per heavy atom. The highest BCUT2D eigenvalue weighted by atomic mass is 14.6. The maximum Gasteiger partial charge on any atom is 0.0184 e. The van der Waals surface area contributed by atoms with Crippen LogP contribution in [0.3, 0.4) is 0 Å². The lowest BCUT2D eigenvalue weighted by Crippen LogP contribution is -2.08. The van der Waals surface area contributed by atoms with Crippen molar-refractivity contribution in [2.24, 2.45) is 11.5 Å². The average Bonchev–Trinajstić information content (AvgIpc) is 2.16. The van der Waals surface area contributed by atoms with Crippen LogP contribution in [0.15, 0.2) is 18.2 Å². The molecular weight excluding hydrogens is 148 g/mol. The molecule has 0 aliphatic rings. The van der Waals surface area contributed by atoms with Crippen molar-refractivity contribution in [1.29, 1.82) is 0 Å². The van der Waals surface area contributed by atoms with E-state index in [1.165, 1.54) is 16.7 Å². The minimum Gasteiger partial charge on any atom is -0.326 e. The maximum absolute atomic E-state index is 5.65. The van der Waals surface area contributed by atoms with Crippen LogP contribution < -0.4 is 11.5 Å². The summed E-state index contributed by atoms with van der Waals surface area (Å²) in [5, 5.41) is 0. The van der Waals surface area contributed by atoms with Crippen molar-refractivity contribution in [2.45, 2.75) is 26.4 Å². The molecule has 0 atom stereocenters. The molecule has 2 nitrogen and oxygen atoms in total. The van der Waals surface area contributed by atoms with E-state index in [4.69, 9.17) is 11.5 Å². The van der Waals surface area contributed by atoms with E-state index in [0.717, 1.165) is 6.42 Å². The van der Waals surface area contributed by atoms with Gasteiger partial charge in [0.05, 0.1) is 0 Å². The summed E-state index contributed by atoms with van der Waals surface area (Å²) in [5.41, 5.74) is 15.0. The van der Waals surface area contributed by atoms with Gasteiger partial charge in [-0.25, -0.2) is 0 Å². The molecule has 0 amide bonds. The molecule has 0 saturated carbocycles. The number of rotatable bonds is 3. The zero-order valence-electron chi connectivity index (χ0n) is 7.51. The predicted octanol–water partition coefficient (Wildman–Crippen LogP) is 1.17. The van der Waals surface area contributed by atoms with E-state index in [0.29, 0.717) is 13.1 Å². The summed E-state index contributed by atoms with van der Waals surface area (Å²) in [5.74, 6) is 0. The topological polar surface area (TPSA) is 52.0 Å². The molecule has 4 N–H and O–H groups in total. The van der Waals surface area contributed by atoms with Gasteiger partial charge in [-0.2, -0.15) is 0 Å². The highest BCUT2D eigenvalue weighted by Crippen LogP contribution is 2.14. The molecule has 0 radical (unpaired) electrons. The molecule has 66 valence electrons. The first-order chi connectivity index (χ1) is 5.83. The van der Waals surface area contributed by atoms with E-state index in [9.17, 15) is 0 Å². The van der Waals surface area contributed by atoms with Gasteiger partial charge in [-0.3, -0.25) is 0 Å². The Morgan fingerprint density at radius 3 is 2.25 bits per heavy atom. The molecule has 0 bridgehead atoms. The van der Waals surface area contributed by atoms with E-state index in [1.807, 2.05) is 12.1 Å². The molecule has 0 aliphatic carbocycles. The molecule has 0 aromatic heterocycles. The summed E-state index contributed by atoms with van der Waals surface area (Å²) >= 11 is 0. The highest BCUT2D eigenvalue weighted by Gasteiger charge is 2.02. The first-order valence-corrected chi connectivity index (χ1v) is 4.33. The van der Waals surface area contributed by atoms with Crippen molar-refractivity contribution in [1.82, 2.24) is 0 Å². The molecule has 0 fully saturated rings. The summed E-state index contributed by atoms with van der Waals surface area (Å²) in [6.07, 6.45) is 1.03. The van der Waals surface area contributed by atoms with Crippen LogP contribution in [0, 0.1) is 0 Å². The second kappa shape index (κ2) is 4.24. The lowest BCUT2D eigenvalue weighted by Gasteiger charge is -2.09. The van der Waals surface area contributed by atoms with Crippen molar-refractivity contribution in [3.05, 3.63) is 34.9 Å². The highest BCUT2D eigenvalue weighted by molar-refractivity contribution is 5.35. The van der Waals surface area contributed by atoms with Crippen LogP contribution in [0.5, 0.6) is 0 Å². The van der Waals surface area contributed by atoms with Crippen molar-refractivity contribution >= 4 is 0 Å². The summed E-state index contributed by atoms with van der Waals surface area (Å²) < 4.78 is 0. The van der Waals surface area contributed by atoms with Crippen LogP contribution in [-0.4, -0.2) is 0 Å². The van der Waals surface area contributed by atoms with Crippen molar-refractivity contribution in [3.8, 4) is 0 Å². The lowest BCUT2D eigenvalue weighted by atomic mass is 9.99. The summed E-state index contributed by atoms with van der Waals surface area (Å²) in [4.78, 5) is 0. The van der Waals surface area contributed by atoms with Gasteiger partial charge in [-0.05, 0) is 23.1 Å². The van der Waals surface area contributed by atoms with Crippen LogP contribution in [0.25, 0.3) is 0 Å². The molecular formula is C10H16N2. The van der Waals surface area contributed by atoms with E-state index >= 15 is 0 Å². The molecule has 0 aliphatic heterocycles. The fourth-order valence-electron chi connectivity index (χ4n) is 1.47. The Labute approximate surface area is 73.6 Å². The molecule has 0 spiro atoms. The molecule has 1 aromatic rings. The number of hydrogen-bond acceptors (Lipinski definition) is 2. The third-order valence-electron chi connectivity index (χ3n) is 2.17. The van der Waals surface area contributed by atoms with E-state index in [1.54, 1.807) is 0 Å². The van der Waals surface area contributed by atoms with Crippen LogP contribution in [0.1, 0.15) is 23.6 Å². The standard InChI is InChI=1S/C10H16N2/c1-2-8-4-3-5-9(6-11)10(8)7-12/h3-5H,2,6-7,11-12H2,1H3. The molecule has 0 saturated heterocycles. The minimum atomic E-state index is 0.584. The van der Waals surface area contributed by atoms with Gasteiger partial charge < -0.3 is 11.5 Å². The van der Waals surface area contributed by atoms with Gasteiger partial charge in [0.15, 0.2) is 0 Å². The SMILES string of the molecule is CCc1cccc(CN)c1CN. The summed E-state index contributed by atoms with van der Waals surface area (Å²) in [6.45, 7) is 3.31. The zero-order chi connectivity index (χ0) is 8.97. The minimum absolute atomic E-state index is 0.584. The average molecular weight is 164 g/mol. The Balaban J connectivity index is 3.13. The number of hydrogen-bond donors (Lipinski definition) is 2. The van der Waals surface area contributed by atoms with Crippen molar-refractivity contribution < 1.29 is 0 Å². The van der Waals surface area contributed by atoms with Crippen LogP contribution >= 0.6 is 0 Å². The van der Waals surface area contributed by atoms with Gasteiger partial charge in [0, 0.05) is 13.1 Å². The Hall–Kier alpha value is -0.860. The number of aryl methyl sites for hydroxylation is 1. The van der Waals surface area contributed by atoms with Gasteiger partial charge in [-0.15, -0.1) is 0 Å². The third-order valence-corrected chi connectivity index (χ3v) is 2.17. The van der Waals surface area contributed by atoms with Gasteiger partial charge in [0.1, 0.15) is 0 Å². The van der Waals surface area contributed by atoms with Gasteiger partial charge in [0.25, 0.3) is 0 Å². The van der Waals surface area contributed by atoms with Crippen molar-refractivity contribution in [3.63, 3.8) is 0 Å². The van der Waals surface area contributed by atoms with Crippen molar-refractivity contribution in [2.75, 3.05) is 0 Å². The molecule has 1 rings (SSSR count). The second-order valence-corrected chi connectivity index (χ2v) is 2.82. The monoisotopic (exact) mass is 164 g/mol. The number of nitrogens with two attached hydrogens (primary N) is 2. The Morgan fingerprint density at radius 2 is 1.75 bits per heavy atom. The lowest BCUT2D eigenvalue weighted by molar-refractivity contribution is 0.941. The summed E-state index contributed by atoms with van der Waals surface area (Å²) in [7, 11) is 0. The molecule has 0 heterocycles. The van der Waals surface area contributed by atoms with Gasteiger partial charge >= 0.3 is 0 Å². The van der Waals surface area contributed by atoms with E-state index in [-0.39, 0.29) is 0 Å². The quantitative estimate of drug-likeness (QED) is 0.704. The van der Waals surface area contributed by atoms with Crippen LogP contribution in [-0.2, 0) is 19.5 Å². The largest absolute Gasteiger partial charge is 0.326 e. The van der Waals surface area contributed by atoms with Gasteiger partial charge in [0.2, 0.25) is 0 Å². The molecule has 2 heteroatoms. The Kier molecular flexibility index (Phi) is 3.26. The summed E-state index contributed by atoms with van der Waals surface area (Å²) in [6, 6.07) is 6.20. The molecule has 0 unspecified atom stereocenters. The predicted molar refractivity (Wildman–Crippen MR) is 51.6 cm³/mol. The first kappa shape index (κ1) is 9.23. The first-order valence-electron chi connectivity index (χ1n) is 4.33. The van der Waals surface area contributed by atoms with Gasteiger partial charge in [-0.1, -0.05) is 25.1 Å². The Bertz CT molecular complexity index is 234. The second-order valence-electron chi connectivity index (χ2n) is 2.82. The van der Waals surface area contributed by atoms with E-state index < -0.39 is 0 Å². The smallest absolute Gasteiger partial charge is 0.0184 e. The fourth-order valence-corrected chi connectivity index (χ4v) is 1.47. The third kappa shape index (κ3) is 1.65. The van der Waals surface area contributed by atoms with E-state index in [2.05, 4.69) is 13.0 Å². The zero-order valence-corrected chi connectivity index (χ0v) is 7.51. The van der Waals surface area contributed by atoms with Crippen LogP contribution in [0.2, 0.25) is 0 Å². The number of benzene rings is 1. The maximum atomic E-state index is 5.65. The van der Waals surface area contributed by atoms with Crippen LogP contribution in [0.4, 0.5) is 0 Å². The molecule has 12 heavy (non-hydrogen) atoms. The fraction of sp³-hybridized carbons (Fsp3) is 0.400. The molecule has 1 aromatic carbocycles. The normalized spacial score (nSPS) is 10.2.